The van der Waals surface area contributed by atoms with Crippen LogP contribution in [0.15, 0.2) is 71.5 Å². The van der Waals surface area contributed by atoms with Gasteiger partial charge >= 0.3 is 5.69 Å². The Morgan fingerprint density at radius 2 is 1.42 bits per heavy atom. The maximum atomic E-state index is 13.6. The molecule has 2 heterocycles. The number of aromatic nitrogens is 2. The number of aromatic amines is 1. The molecule has 0 amide bonds. The van der Waals surface area contributed by atoms with Gasteiger partial charge in [0.25, 0.3) is 0 Å². The predicted molar refractivity (Wildman–Crippen MR) is 138 cm³/mol. The molecule has 0 saturated carbocycles. The van der Waals surface area contributed by atoms with Crippen LogP contribution in [0.2, 0.25) is 5.02 Å². The van der Waals surface area contributed by atoms with E-state index in [1.807, 2.05) is 12.1 Å². The van der Waals surface area contributed by atoms with Crippen molar-refractivity contribution in [3.05, 3.63) is 105 Å². The summed E-state index contributed by atoms with van der Waals surface area (Å²) in [5.41, 5.74) is 3.48. The van der Waals surface area contributed by atoms with Crippen LogP contribution >= 0.6 is 11.6 Å². The lowest BCUT2D eigenvalue weighted by molar-refractivity contribution is 0.108. The van der Waals surface area contributed by atoms with E-state index in [1.54, 1.807) is 34.9 Å². The van der Waals surface area contributed by atoms with E-state index in [0.29, 0.717) is 11.6 Å². The Hall–Kier alpha value is -3.04. The molecule has 5 rings (SSSR count). The number of imidazole rings is 1. The van der Waals surface area contributed by atoms with Crippen LogP contribution in [0.1, 0.15) is 23.6 Å². The third-order valence-electron chi connectivity index (χ3n) is 6.74. The Bertz CT molecular complexity index is 1300. The van der Waals surface area contributed by atoms with Gasteiger partial charge in [-0.15, -0.1) is 0 Å². The number of aryl methyl sites for hydroxylation is 1. The summed E-state index contributed by atoms with van der Waals surface area (Å²) in [7, 11) is 0. The fourth-order valence-corrected chi connectivity index (χ4v) is 5.12. The first-order valence-electron chi connectivity index (χ1n) is 11.8. The van der Waals surface area contributed by atoms with E-state index in [4.69, 9.17) is 11.6 Å². The first-order chi connectivity index (χ1) is 17.0. The molecule has 4 aromatic rings. The van der Waals surface area contributed by atoms with Gasteiger partial charge in [0, 0.05) is 37.7 Å². The minimum Gasteiger partial charge on any atom is -0.412 e. The lowest BCUT2D eigenvalue weighted by Gasteiger charge is -2.40. The van der Waals surface area contributed by atoms with Crippen molar-refractivity contribution in [2.45, 2.75) is 19.0 Å². The molecular weight excluding hydrogens is 486 g/mol. The summed E-state index contributed by atoms with van der Waals surface area (Å²) in [6.45, 7) is 4.93. The summed E-state index contributed by atoms with van der Waals surface area (Å²) in [6, 6.07) is 18.5. The first-order valence-corrected chi connectivity index (χ1v) is 12.2. The quantitative estimate of drug-likeness (QED) is 0.401. The van der Waals surface area contributed by atoms with Gasteiger partial charge in [-0.2, -0.15) is 0 Å². The molecule has 6 nitrogen and oxygen atoms in total. The monoisotopic (exact) mass is 514 g/mol. The highest BCUT2D eigenvalue weighted by Crippen LogP contribution is 2.30. The lowest BCUT2D eigenvalue weighted by Crippen LogP contribution is -2.48. The van der Waals surface area contributed by atoms with Gasteiger partial charge in [0.2, 0.25) is 0 Å². The number of piperazine rings is 1. The first kappa shape index (κ1) is 26.0. The van der Waals surface area contributed by atoms with E-state index in [9.17, 15) is 13.6 Å². The molecule has 1 aromatic heterocycles. The molecule has 3 N–H and O–H groups in total. The highest BCUT2D eigenvalue weighted by Gasteiger charge is 2.26. The van der Waals surface area contributed by atoms with Crippen LogP contribution in [0.5, 0.6) is 0 Å². The fourth-order valence-electron chi connectivity index (χ4n) is 4.95. The number of halogens is 3. The van der Waals surface area contributed by atoms with Crippen LogP contribution in [-0.4, -0.2) is 57.6 Å². The highest BCUT2D eigenvalue weighted by molar-refractivity contribution is 6.31. The van der Waals surface area contributed by atoms with Gasteiger partial charge in [-0.3, -0.25) is 9.47 Å². The van der Waals surface area contributed by atoms with E-state index in [2.05, 4.69) is 14.8 Å². The van der Waals surface area contributed by atoms with E-state index < -0.39 is 0 Å². The van der Waals surface area contributed by atoms with Gasteiger partial charge in [0.1, 0.15) is 11.6 Å². The molecule has 0 bridgehead atoms. The van der Waals surface area contributed by atoms with Crippen molar-refractivity contribution < 1.29 is 14.3 Å². The van der Waals surface area contributed by atoms with Crippen LogP contribution in [0.4, 0.5) is 8.78 Å². The fraction of sp³-hybridized carbons (Fsp3) is 0.296. The maximum absolute atomic E-state index is 13.6. The molecule has 0 spiro atoms. The standard InChI is InChI=1S/C27H27ClF2N4O.H2O/c28-21-6-11-24-25(18-21)34(27(35)31-24)13-1-12-32-14-16-33(17-15-32)26(19-2-7-22(29)8-3-19)20-4-9-23(30)10-5-20;/h2-11,18,26H,1,12-17H2,(H,31,35);1H2. The maximum Gasteiger partial charge on any atom is 0.326 e. The Balaban J connectivity index is 0.00000304. The number of nitrogens with zero attached hydrogens (tertiary/aromatic N) is 3. The number of H-pyrrole nitrogens is 1. The Kier molecular flexibility index (Phi) is 8.21. The summed E-state index contributed by atoms with van der Waals surface area (Å²) in [4.78, 5) is 20.0. The smallest absolute Gasteiger partial charge is 0.326 e. The second kappa shape index (κ2) is 11.3. The van der Waals surface area contributed by atoms with Crippen molar-refractivity contribution in [1.82, 2.24) is 19.4 Å². The molecular formula is C27H29ClF2N4O2. The van der Waals surface area contributed by atoms with E-state index in [1.165, 1.54) is 24.3 Å². The van der Waals surface area contributed by atoms with Crippen molar-refractivity contribution in [3.8, 4) is 0 Å². The normalized spacial score (nSPS) is 14.9. The molecule has 0 unspecified atom stereocenters. The van der Waals surface area contributed by atoms with Gasteiger partial charge in [0.15, 0.2) is 0 Å². The SMILES string of the molecule is O.O=c1[nH]c2ccc(Cl)cc2n1CCCN1CCN(C(c2ccc(F)cc2)c2ccc(F)cc2)CC1. The molecule has 0 aliphatic carbocycles. The van der Waals surface area contributed by atoms with E-state index in [0.717, 1.165) is 61.3 Å². The molecule has 1 saturated heterocycles. The van der Waals surface area contributed by atoms with Crippen molar-refractivity contribution >= 4 is 22.6 Å². The molecule has 1 fully saturated rings. The Labute approximate surface area is 213 Å². The zero-order chi connectivity index (χ0) is 24.4. The number of hydrogen-bond acceptors (Lipinski definition) is 3. The number of hydrogen-bond donors (Lipinski definition) is 1. The zero-order valence-corrected chi connectivity index (χ0v) is 20.5. The summed E-state index contributed by atoms with van der Waals surface area (Å²) in [5.74, 6) is -0.541. The average molecular weight is 515 g/mol. The molecule has 36 heavy (non-hydrogen) atoms. The van der Waals surface area contributed by atoms with Crippen LogP contribution in [-0.2, 0) is 6.54 Å². The van der Waals surface area contributed by atoms with Crippen LogP contribution in [0, 0.1) is 11.6 Å². The van der Waals surface area contributed by atoms with Gasteiger partial charge in [0.05, 0.1) is 17.1 Å². The van der Waals surface area contributed by atoms with Crippen LogP contribution < -0.4 is 5.69 Å². The number of fused-ring (bicyclic) bond motifs is 1. The second-order valence-corrected chi connectivity index (χ2v) is 9.42. The van der Waals surface area contributed by atoms with Gasteiger partial charge < -0.3 is 15.4 Å². The predicted octanol–water partition coefficient (Wildman–Crippen LogP) is 4.23. The minimum atomic E-state index is -0.270. The molecule has 1 aliphatic rings. The molecule has 0 radical (unpaired) electrons. The zero-order valence-electron chi connectivity index (χ0n) is 19.8. The number of rotatable bonds is 7. The van der Waals surface area contributed by atoms with Crippen LogP contribution in [0.25, 0.3) is 11.0 Å². The van der Waals surface area contributed by atoms with Crippen molar-refractivity contribution in [2.75, 3.05) is 32.7 Å². The third kappa shape index (κ3) is 5.68. The second-order valence-electron chi connectivity index (χ2n) is 8.98. The van der Waals surface area contributed by atoms with Crippen LogP contribution in [0.3, 0.4) is 0 Å². The minimum absolute atomic E-state index is 0. The molecule has 3 aromatic carbocycles. The third-order valence-corrected chi connectivity index (χ3v) is 6.97. The van der Waals surface area contributed by atoms with E-state index in [-0.39, 0.29) is 28.8 Å². The van der Waals surface area contributed by atoms with Gasteiger partial charge in [-0.25, -0.2) is 13.6 Å². The van der Waals surface area contributed by atoms with E-state index >= 15 is 0 Å². The molecule has 9 heteroatoms. The highest BCUT2D eigenvalue weighted by atomic mass is 35.5. The largest absolute Gasteiger partial charge is 0.412 e. The Morgan fingerprint density at radius 3 is 2.00 bits per heavy atom. The van der Waals surface area contributed by atoms with Gasteiger partial charge in [-0.05, 0) is 66.6 Å². The summed E-state index contributed by atoms with van der Waals surface area (Å²) >= 11 is 6.12. The molecule has 0 atom stereocenters. The summed E-state index contributed by atoms with van der Waals surface area (Å²) in [6.07, 6.45) is 0.846. The average Bonchev–Trinajstić information content (AvgIpc) is 3.17. The van der Waals surface area contributed by atoms with Crippen molar-refractivity contribution in [2.24, 2.45) is 0 Å². The number of benzene rings is 3. The lowest BCUT2D eigenvalue weighted by atomic mass is 9.96. The molecule has 190 valence electrons. The summed E-state index contributed by atoms with van der Waals surface area (Å²) in [5, 5.41) is 0.609. The van der Waals surface area contributed by atoms with Gasteiger partial charge in [-0.1, -0.05) is 35.9 Å². The topological polar surface area (TPSA) is 75.8 Å². The molecule has 1 aliphatic heterocycles. The number of nitrogens with one attached hydrogen (secondary N) is 1. The van der Waals surface area contributed by atoms with Crippen molar-refractivity contribution in [3.63, 3.8) is 0 Å². The Morgan fingerprint density at radius 1 is 0.833 bits per heavy atom. The van der Waals surface area contributed by atoms with Crippen molar-refractivity contribution in [1.29, 1.82) is 0 Å². The summed E-state index contributed by atoms with van der Waals surface area (Å²) < 4.78 is 28.8.